The van der Waals surface area contributed by atoms with Crippen molar-refractivity contribution in [1.29, 1.82) is 0 Å². The largest absolute Gasteiger partial charge is 0.348 e. The Bertz CT molecular complexity index is 405. The van der Waals surface area contributed by atoms with Crippen molar-refractivity contribution in [3.05, 3.63) is 29.6 Å². The molecule has 1 aliphatic rings. The summed E-state index contributed by atoms with van der Waals surface area (Å²) in [7, 11) is 0. The van der Waals surface area contributed by atoms with Gasteiger partial charge in [-0.15, -0.1) is 0 Å². The molecule has 1 aromatic heterocycles. The average Bonchev–Trinajstić information content (AvgIpc) is 2.32. The van der Waals surface area contributed by atoms with E-state index in [0.717, 1.165) is 24.8 Å². The summed E-state index contributed by atoms with van der Waals surface area (Å²) in [6.45, 7) is 1.93. The normalized spacial score (nSPS) is 24.4. The summed E-state index contributed by atoms with van der Waals surface area (Å²) in [5.41, 5.74) is 7.61. The van der Waals surface area contributed by atoms with E-state index in [2.05, 4.69) is 10.3 Å². The summed E-state index contributed by atoms with van der Waals surface area (Å²) in [6, 6.07) is 2.04. The topological polar surface area (TPSA) is 68.0 Å². The van der Waals surface area contributed by atoms with Crippen LogP contribution in [-0.4, -0.2) is 23.0 Å². The zero-order valence-electron chi connectivity index (χ0n) is 10.1. The first kappa shape index (κ1) is 12.0. The molecule has 0 aromatic carbocycles. The van der Waals surface area contributed by atoms with Gasteiger partial charge < -0.3 is 11.1 Å². The van der Waals surface area contributed by atoms with E-state index in [1.54, 1.807) is 12.4 Å². The zero-order chi connectivity index (χ0) is 12.3. The number of aryl methyl sites for hydroxylation is 1. The molecule has 0 bridgehead atoms. The molecule has 4 heteroatoms. The van der Waals surface area contributed by atoms with E-state index in [0.29, 0.717) is 5.56 Å². The predicted molar refractivity (Wildman–Crippen MR) is 66.7 cm³/mol. The van der Waals surface area contributed by atoms with Gasteiger partial charge in [-0.1, -0.05) is 12.8 Å². The lowest BCUT2D eigenvalue weighted by molar-refractivity contribution is 0.0921. The van der Waals surface area contributed by atoms with Gasteiger partial charge in [-0.05, 0) is 31.4 Å². The lowest BCUT2D eigenvalue weighted by Crippen LogP contribution is -2.49. The Morgan fingerprint density at radius 3 is 2.88 bits per heavy atom. The number of aromatic nitrogens is 1. The Morgan fingerprint density at radius 2 is 2.18 bits per heavy atom. The number of amides is 1. The van der Waals surface area contributed by atoms with E-state index in [4.69, 9.17) is 5.73 Å². The number of hydrogen-bond acceptors (Lipinski definition) is 3. The van der Waals surface area contributed by atoms with E-state index < -0.39 is 0 Å². The second-order valence-corrected chi connectivity index (χ2v) is 4.78. The summed E-state index contributed by atoms with van der Waals surface area (Å²) in [6.07, 6.45) is 7.62. The molecule has 2 unspecified atom stereocenters. The van der Waals surface area contributed by atoms with Crippen LogP contribution in [0.25, 0.3) is 0 Å². The molecular weight excluding hydrogens is 214 g/mol. The second-order valence-electron chi connectivity index (χ2n) is 4.78. The number of hydrogen-bond donors (Lipinski definition) is 2. The number of nitrogens with two attached hydrogens (primary N) is 1. The number of carbonyl (C=O) groups excluding carboxylic acids is 1. The molecule has 2 atom stereocenters. The molecule has 3 N–H and O–H groups in total. The van der Waals surface area contributed by atoms with Gasteiger partial charge in [0.1, 0.15) is 0 Å². The Labute approximate surface area is 102 Å². The third-order valence-electron chi connectivity index (χ3n) is 3.27. The Balaban J connectivity index is 2.01. The molecule has 1 fully saturated rings. The van der Waals surface area contributed by atoms with E-state index >= 15 is 0 Å². The van der Waals surface area contributed by atoms with Crippen molar-refractivity contribution in [2.45, 2.75) is 44.7 Å². The van der Waals surface area contributed by atoms with Crippen molar-refractivity contribution in [2.24, 2.45) is 5.73 Å². The molecule has 17 heavy (non-hydrogen) atoms. The number of nitrogens with zero attached hydrogens (tertiary/aromatic N) is 1. The lowest BCUT2D eigenvalue weighted by atomic mass is 9.91. The first-order valence-corrected chi connectivity index (χ1v) is 6.15. The van der Waals surface area contributed by atoms with Crippen LogP contribution >= 0.6 is 0 Å². The molecule has 1 aromatic rings. The van der Waals surface area contributed by atoms with Crippen LogP contribution in [0.15, 0.2) is 18.5 Å². The summed E-state index contributed by atoms with van der Waals surface area (Å²) < 4.78 is 0. The van der Waals surface area contributed by atoms with Crippen LogP contribution < -0.4 is 11.1 Å². The van der Waals surface area contributed by atoms with Gasteiger partial charge >= 0.3 is 0 Å². The lowest BCUT2D eigenvalue weighted by Gasteiger charge is -2.29. The van der Waals surface area contributed by atoms with Crippen molar-refractivity contribution < 1.29 is 4.79 Å². The molecule has 1 heterocycles. The Kier molecular flexibility index (Phi) is 3.74. The Hall–Kier alpha value is -1.42. The predicted octanol–water partition coefficient (Wildman–Crippen LogP) is 1.39. The maximum absolute atomic E-state index is 12.0. The van der Waals surface area contributed by atoms with Gasteiger partial charge in [0.2, 0.25) is 0 Å². The SMILES string of the molecule is Cc1cncc(C(=O)NC2CCCCC2N)c1. The maximum Gasteiger partial charge on any atom is 0.253 e. The molecule has 0 saturated heterocycles. The first-order valence-electron chi connectivity index (χ1n) is 6.15. The van der Waals surface area contributed by atoms with Crippen LogP contribution in [0.2, 0.25) is 0 Å². The van der Waals surface area contributed by atoms with Crippen LogP contribution in [0.1, 0.15) is 41.6 Å². The molecule has 4 nitrogen and oxygen atoms in total. The molecule has 1 amide bonds. The van der Waals surface area contributed by atoms with Crippen LogP contribution in [0, 0.1) is 6.92 Å². The molecule has 0 spiro atoms. The molecule has 1 saturated carbocycles. The zero-order valence-corrected chi connectivity index (χ0v) is 10.1. The van der Waals surface area contributed by atoms with Crippen molar-refractivity contribution in [3.8, 4) is 0 Å². The van der Waals surface area contributed by atoms with Crippen LogP contribution in [-0.2, 0) is 0 Å². The molecular formula is C13H19N3O. The Morgan fingerprint density at radius 1 is 1.41 bits per heavy atom. The summed E-state index contributed by atoms with van der Waals surface area (Å²) in [5.74, 6) is -0.0662. The van der Waals surface area contributed by atoms with Crippen LogP contribution in [0.5, 0.6) is 0 Å². The number of carbonyl (C=O) groups is 1. The van der Waals surface area contributed by atoms with Crippen molar-refractivity contribution >= 4 is 5.91 Å². The highest BCUT2D eigenvalue weighted by Gasteiger charge is 2.23. The smallest absolute Gasteiger partial charge is 0.253 e. The quantitative estimate of drug-likeness (QED) is 0.811. The van der Waals surface area contributed by atoms with Crippen LogP contribution in [0.4, 0.5) is 0 Å². The number of nitrogens with one attached hydrogen (secondary N) is 1. The fraction of sp³-hybridized carbons (Fsp3) is 0.538. The van der Waals surface area contributed by atoms with E-state index in [-0.39, 0.29) is 18.0 Å². The molecule has 92 valence electrons. The molecule has 0 aliphatic heterocycles. The minimum Gasteiger partial charge on any atom is -0.348 e. The maximum atomic E-state index is 12.0. The fourth-order valence-electron chi connectivity index (χ4n) is 2.27. The van der Waals surface area contributed by atoms with Gasteiger partial charge in [-0.2, -0.15) is 0 Å². The highest BCUT2D eigenvalue weighted by molar-refractivity contribution is 5.94. The van der Waals surface area contributed by atoms with Gasteiger partial charge in [0.05, 0.1) is 5.56 Å². The minimum atomic E-state index is -0.0662. The van der Waals surface area contributed by atoms with Gasteiger partial charge in [0.25, 0.3) is 5.91 Å². The van der Waals surface area contributed by atoms with Crippen molar-refractivity contribution in [3.63, 3.8) is 0 Å². The van der Waals surface area contributed by atoms with Gasteiger partial charge in [0, 0.05) is 24.5 Å². The standard InChI is InChI=1S/C13H19N3O/c1-9-6-10(8-15-7-9)13(17)16-12-5-3-2-4-11(12)14/h6-8,11-12H,2-5,14H2,1H3,(H,16,17). The number of pyridine rings is 1. The van der Waals surface area contributed by atoms with E-state index in [9.17, 15) is 4.79 Å². The third-order valence-corrected chi connectivity index (χ3v) is 3.27. The molecule has 0 radical (unpaired) electrons. The summed E-state index contributed by atoms with van der Waals surface area (Å²) >= 11 is 0. The highest BCUT2D eigenvalue weighted by atomic mass is 16.1. The summed E-state index contributed by atoms with van der Waals surface area (Å²) in [4.78, 5) is 16.0. The van der Waals surface area contributed by atoms with E-state index in [1.165, 1.54) is 6.42 Å². The first-order chi connectivity index (χ1) is 8.16. The molecule has 2 rings (SSSR count). The van der Waals surface area contributed by atoms with Crippen LogP contribution in [0.3, 0.4) is 0 Å². The van der Waals surface area contributed by atoms with Gasteiger partial charge in [-0.25, -0.2) is 0 Å². The van der Waals surface area contributed by atoms with Gasteiger partial charge in [-0.3, -0.25) is 9.78 Å². The highest BCUT2D eigenvalue weighted by Crippen LogP contribution is 2.17. The second kappa shape index (κ2) is 5.27. The van der Waals surface area contributed by atoms with Gasteiger partial charge in [0.15, 0.2) is 0 Å². The monoisotopic (exact) mass is 233 g/mol. The summed E-state index contributed by atoms with van der Waals surface area (Å²) in [5, 5.41) is 3.01. The number of rotatable bonds is 2. The minimum absolute atomic E-state index is 0.0662. The van der Waals surface area contributed by atoms with Crippen molar-refractivity contribution in [1.82, 2.24) is 10.3 Å². The fourth-order valence-corrected chi connectivity index (χ4v) is 2.27. The van der Waals surface area contributed by atoms with Crippen molar-refractivity contribution in [2.75, 3.05) is 0 Å². The van der Waals surface area contributed by atoms with E-state index in [1.807, 2.05) is 13.0 Å². The third kappa shape index (κ3) is 3.03. The average molecular weight is 233 g/mol. The molecule has 1 aliphatic carbocycles.